The van der Waals surface area contributed by atoms with Crippen LogP contribution in [-0.2, 0) is 11.3 Å². The van der Waals surface area contributed by atoms with E-state index in [2.05, 4.69) is 53.2 Å². The Morgan fingerprint density at radius 3 is 2.11 bits per heavy atom. The number of fused-ring (bicyclic) bond motifs is 2. The highest BCUT2D eigenvalue weighted by Crippen LogP contribution is 2.29. The fraction of sp³-hybridized carbons (Fsp3) is 0.0909. The molecular weight excluding hydrogens is 472 g/mol. The van der Waals surface area contributed by atoms with Gasteiger partial charge in [0.05, 0.1) is 18.2 Å². The summed E-state index contributed by atoms with van der Waals surface area (Å²) in [6, 6.07) is 32.0. The zero-order valence-electron chi connectivity index (χ0n) is 21.2. The SMILES string of the molecule is COC(=O)c1ccc(Cn2ccc3ccc(-c4ccc5ccn(C(=O)c6ccccc6C)c5c4)cc32)cc1. The van der Waals surface area contributed by atoms with E-state index in [1.807, 2.05) is 55.6 Å². The van der Waals surface area contributed by atoms with Gasteiger partial charge in [-0.2, -0.15) is 0 Å². The van der Waals surface area contributed by atoms with Crippen molar-refractivity contribution in [3.8, 4) is 11.1 Å². The van der Waals surface area contributed by atoms with Crippen molar-refractivity contribution in [2.75, 3.05) is 7.11 Å². The number of esters is 1. The highest BCUT2D eigenvalue weighted by Gasteiger charge is 2.14. The van der Waals surface area contributed by atoms with Crippen LogP contribution in [0, 0.1) is 6.92 Å². The number of benzene rings is 4. The lowest BCUT2D eigenvalue weighted by molar-refractivity contribution is 0.0600. The Hall–Kier alpha value is -4.90. The maximum atomic E-state index is 13.4. The molecule has 4 aromatic carbocycles. The molecule has 0 unspecified atom stereocenters. The first-order valence-electron chi connectivity index (χ1n) is 12.5. The third-order valence-electron chi connectivity index (χ3n) is 7.12. The summed E-state index contributed by atoms with van der Waals surface area (Å²) < 4.78 is 8.74. The van der Waals surface area contributed by atoms with Gasteiger partial charge in [0.15, 0.2) is 0 Å². The van der Waals surface area contributed by atoms with Crippen LogP contribution in [-0.4, -0.2) is 28.1 Å². The summed E-state index contributed by atoms with van der Waals surface area (Å²) in [4.78, 5) is 25.1. The van der Waals surface area contributed by atoms with Gasteiger partial charge in [-0.15, -0.1) is 0 Å². The van der Waals surface area contributed by atoms with Crippen molar-refractivity contribution < 1.29 is 14.3 Å². The maximum absolute atomic E-state index is 13.4. The Labute approximate surface area is 220 Å². The number of hydrogen-bond acceptors (Lipinski definition) is 3. The van der Waals surface area contributed by atoms with Crippen LogP contribution in [0.15, 0.2) is 109 Å². The smallest absolute Gasteiger partial charge is 0.337 e. The summed E-state index contributed by atoms with van der Waals surface area (Å²) in [6.45, 7) is 2.64. The predicted molar refractivity (Wildman–Crippen MR) is 151 cm³/mol. The number of ether oxygens (including phenoxy) is 1. The Morgan fingerprint density at radius 2 is 1.39 bits per heavy atom. The van der Waals surface area contributed by atoms with E-state index in [0.29, 0.717) is 17.7 Å². The van der Waals surface area contributed by atoms with Gasteiger partial charge in [0.25, 0.3) is 5.91 Å². The first-order chi connectivity index (χ1) is 18.5. The minimum Gasteiger partial charge on any atom is -0.465 e. The number of methoxy groups -OCH3 is 1. The average molecular weight is 499 g/mol. The summed E-state index contributed by atoms with van der Waals surface area (Å²) in [7, 11) is 1.39. The molecule has 0 aliphatic carbocycles. The minimum absolute atomic E-state index is 0.0298. The molecule has 0 saturated carbocycles. The second kappa shape index (κ2) is 9.52. The first kappa shape index (κ1) is 23.5. The fourth-order valence-electron chi connectivity index (χ4n) is 4.99. The number of hydrogen-bond donors (Lipinski definition) is 0. The lowest BCUT2D eigenvalue weighted by atomic mass is 10.0. The first-order valence-corrected chi connectivity index (χ1v) is 12.5. The molecule has 2 heterocycles. The lowest BCUT2D eigenvalue weighted by Gasteiger charge is -2.10. The molecule has 0 bridgehead atoms. The summed E-state index contributed by atoms with van der Waals surface area (Å²) in [5, 5.41) is 2.18. The topological polar surface area (TPSA) is 53.2 Å². The van der Waals surface area contributed by atoms with Crippen LogP contribution in [0.1, 0.15) is 31.8 Å². The molecule has 2 aromatic heterocycles. The Kier molecular flexibility index (Phi) is 5.89. The number of aryl methyl sites for hydroxylation is 1. The van der Waals surface area contributed by atoms with Crippen molar-refractivity contribution >= 4 is 33.7 Å². The fourth-order valence-corrected chi connectivity index (χ4v) is 4.99. The molecule has 0 aliphatic rings. The third kappa shape index (κ3) is 4.18. The van der Waals surface area contributed by atoms with E-state index in [0.717, 1.165) is 44.1 Å². The Bertz CT molecular complexity index is 1820. The van der Waals surface area contributed by atoms with Crippen molar-refractivity contribution in [1.29, 1.82) is 0 Å². The highest BCUT2D eigenvalue weighted by atomic mass is 16.5. The van der Waals surface area contributed by atoms with E-state index in [4.69, 9.17) is 4.74 Å². The van der Waals surface area contributed by atoms with E-state index in [9.17, 15) is 9.59 Å². The van der Waals surface area contributed by atoms with Gasteiger partial charge in [-0.1, -0.05) is 54.6 Å². The molecular formula is C33H26N2O3. The Morgan fingerprint density at radius 1 is 0.737 bits per heavy atom. The van der Waals surface area contributed by atoms with Crippen LogP contribution >= 0.6 is 0 Å². The van der Waals surface area contributed by atoms with Crippen LogP contribution in [0.4, 0.5) is 0 Å². The third-order valence-corrected chi connectivity index (χ3v) is 7.12. The number of rotatable bonds is 5. The van der Waals surface area contributed by atoms with E-state index >= 15 is 0 Å². The van der Waals surface area contributed by atoms with E-state index in [1.165, 1.54) is 7.11 Å². The monoisotopic (exact) mass is 498 g/mol. The number of carbonyl (C=O) groups is 2. The summed E-state index contributed by atoms with van der Waals surface area (Å²) >= 11 is 0. The molecule has 38 heavy (non-hydrogen) atoms. The van der Waals surface area contributed by atoms with Gasteiger partial charge < -0.3 is 9.30 Å². The summed E-state index contributed by atoms with van der Waals surface area (Å²) in [5.74, 6) is -0.367. The van der Waals surface area contributed by atoms with Gasteiger partial charge in [0.2, 0.25) is 0 Å². The van der Waals surface area contributed by atoms with E-state index in [1.54, 1.807) is 16.7 Å². The molecule has 5 nitrogen and oxygen atoms in total. The quantitative estimate of drug-likeness (QED) is 0.238. The molecule has 186 valence electrons. The van der Waals surface area contributed by atoms with Gasteiger partial charge in [-0.25, -0.2) is 4.79 Å². The highest BCUT2D eigenvalue weighted by molar-refractivity contribution is 6.03. The number of nitrogens with zero attached hydrogens (tertiary/aromatic N) is 2. The normalized spacial score (nSPS) is 11.2. The van der Waals surface area contributed by atoms with Gasteiger partial charge >= 0.3 is 5.97 Å². The van der Waals surface area contributed by atoms with Gasteiger partial charge in [-0.3, -0.25) is 9.36 Å². The molecule has 0 spiro atoms. The van der Waals surface area contributed by atoms with Crippen LogP contribution < -0.4 is 0 Å². The maximum Gasteiger partial charge on any atom is 0.337 e. The molecule has 0 radical (unpaired) electrons. The Balaban J connectivity index is 1.35. The molecule has 0 fully saturated rings. The van der Waals surface area contributed by atoms with Crippen molar-refractivity contribution in [3.05, 3.63) is 132 Å². The predicted octanol–water partition coefficient (Wildman–Crippen LogP) is 7.09. The van der Waals surface area contributed by atoms with Gasteiger partial charge in [0, 0.05) is 35.4 Å². The standard InChI is InChI=1S/C33H26N2O3/c1-22-5-3-4-6-29(22)32(36)35-18-16-25-12-14-28(20-31(25)35)27-13-11-24-15-17-34(30(24)19-27)21-23-7-9-26(10-8-23)33(37)38-2/h3-20H,21H2,1-2H3. The number of aromatic nitrogens is 2. The van der Waals surface area contributed by atoms with Crippen molar-refractivity contribution in [2.24, 2.45) is 0 Å². The van der Waals surface area contributed by atoms with E-state index in [-0.39, 0.29) is 11.9 Å². The molecule has 6 aromatic rings. The molecule has 6 rings (SSSR count). The van der Waals surface area contributed by atoms with E-state index < -0.39 is 0 Å². The molecule has 0 atom stereocenters. The largest absolute Gasteiger partial charge is 0.465 e. The molecule has 5 heteroatoms. The average Bonchev–Trinajstić information content (AvgIpc) is 3.56. The second-order valence-corrected chi connectivity index (χ2v) is 9.49. The zero-order chi connectivity index (χ0) is 26.2. The van der Waals surface area contributed by atoms with Crippen LogP contribution in [0.25, 0.3) is 32.9 Å². The summed E-state index contributed by atoms with van der Waals surface area (Å²) in [5.41, 5.74) is 7.42. The van der Waals surface area contributed by atoms with Gasteiger partial charge in [0.1, 0.15) is 0 Å². The molecule has 0 aliphatic heterocycles. The lowest BCUT2D eigenvalue weighted by Crippen LogP contribution is -2.12. The van der Waals surface area contributed by atoms with Crippen LogP contribution in [0.3, 0.4) is 0 Å². The number of carbonyl (C=O) groups excluding carboxylic acids is 2. The van der Waals surface area contributed by atoms with Crippen molar-refractivity contribution in [3.63, 3.8) is 0 Å². The second-order valence-electron chi connectivity index (χ2n) is 9.49. The minimum atomic E-state index is -0.337. The van der Waals surface area contributed by atoms with Gasteiger partial charge in [-0.05, 0) is 77.0 Å². The molecule has 0 amide bonds. The van der Waals surface area contributed by atoms with Crippen LogP contribution in [0.2, 0.25) is 0 Å². The van der Waals surface area contributed by atoms with Crippen molar-refractivity contribution in [2.45, 2.75) is 13.5 Å². The summed E-state index contributed by atoms with van der Waals surface area (Å²) in [6.07, 6.45) is 3.93. The zero-order valence-corrected chi connectivity index (χ0v) is 21.2. The van der Waals surface area contributed by atoms with Crippen molar-refractivity contribution in [1.82, 2.24) is 9.13 Å². The molecule has 0 N–H and O–H groups in total. The molecule has 0 saturated heterocycles. The van der Waals surface area contributed by atoms with Crippen LogP contribution in [0.5, 0.6) is 0 Å².